The van der Waals surface area contributed by atoms with E-state index in [1.165, 1.54) is 11.1 Å². The normalized spacial score (nSPS) is 17.3. The molecule has 2 aromatic rings. The summed E-state index contributed by atoms with van der Waals surface area (Å²) in [7, 11) is 1.71. The number of hydrogen-bond donors (Lipinski definition) is 1. The second-order valence-electron chi connectivity index (χ2n) is 5.90. The second-order valence-corrected chi connectivity index (χ2v) is 5.90. The number of nitrogens with two attached hydrogens (primary N) is 1. The third-order valence-corrected chi connectivity index (χ3v) is 4.53. The van der Waals surface area contributed by atoms with E-state index in [0.717, 1.165) is 29.1 Å². The smallest absolute Gasteiger partial charge is 0.124 e. The number of aryl methyl sites for hydroxylation is 1. The standard InChI is InChI=1S/C19H23N3O/c1-13-7-6-9-17(14(13)2)22-18(11-15(12-20)21-22)16-8-4-5-10-19(16)23-3/h4-10,18H,11-12,20H2,1-3H3. The van der Waals surface area contributed by atoms with Crippen LogP contribution in [0.5, 0.6) is 5.75 Å². The van der Waals surface area contributed by atoms with Crippen molar-refractivity contribution < 1.29 is 4.74 Å². The lowest BCUT2D eigenvalue weighted by molar-refractivity contribution is 0.405. The molecule has 4 nitrogen and oxygen atoms in total. The van der Waals surface area contributed by atoms with Crippen molar-refractivity contribution in [1.29, 1.82) is 0 Å². The summed E-state index contributed by atoms with van der Waals surface area (Å²) in [5, 5.41) is 6.88. The molecular weight excluding hydrogens is 286 g/mol. The van der Waals surface area contributed by atoms with Crippen LogP contribution in [0.4, 0.5) is 5.69 Å². The molecule has 1 aliphatic rings. The molecule has 0 aliphatic carbocycles. The van der Waals surface area contributed by atoms with Gasteiger partial charge in [0.2, 0.25) is 0 Å². The first-order valence-corrected chi connectivity index (χ1v) is 7.90. The average Bonchev–Trinajstić information content (AvgIpc) is 3.01. The summed E-state index contributed by atoms with van der Waals surface area (Å²) in [6.07, 6.45) is 0.824. The second kappa shape index (κ2) is 6.42. The van der Waals surface area contributed by atoms with E-state index >= 15 is 0 Å². The van der Waals surface area contributed by atoms with Crippen LogP contribution in [0.15, 0.2) is 47.6 Å². The first kappa shape index (κ1) is 15.6. The Bertz CT molecular complexity index is 739. The molecule has 1 aliphatic heterocycles. The quantitative estimate of drug-likeness (QED) is 0.939. The molecule has 0 bridgehead atoms. The zero-order valence-electron chi connectivity index (χ0n) is 13.9. The molecule has 1 atom stereocenters. The molecule has 0 amide bonds. The number of para-hydroxylation sites is 1. The Labute approximate surface area is 137 Å². The zero-order valence-corrected chi connectivity index (χ0v) is 13.9. The Morgan fingerprint density at radius 3 is 2.70 bits per heavy atom. The number of hydrogen-bond acceptors (Lipinski definition) is 4. The molecule has 0 fully saturated rings. The summed E-state index contributed by atoms with van der Waals surface area (Å²) in [6.45, 7) is 4.74. The van der Waals surface area contributed by atoms with Crippen molar-refractivity contribution in [2.24, 2.45) is 10.8 Å². The Morgan fingerprint density at radius 1 is 1.17 bits per heavy atom. The first-order chi connectivity index (χ1) is 11.2. The maximum Gasteiger partial charge on any atom is 0.124 e. The third-order valence-electron chi connectivity index (χ3n) is 4.53. The number of ether oxygens (including phenoxy) is 1. The van der Waals surface area contributed by atoms with Crippen molar-refractivity contribution in [3.8, 4) is 5.75 Å². The number of benzene rings is 2. The molecule has 3 rings (SSSR count). The molecule has 0 spiro atoms. The van der Waals surface area contributed by atoms with Crippen molar-refractivity contribution in [2.45, 2.75) is 26.3 Å². The lowest BCUT2D eigenvalue weighted by Gasteiger charge is -2.27. The molecule has 2 aromatic carbocycles. The summed E-state index contributed by atoms with van der Waals surface area (Å²) < 4.78 is 5.56. The van der Waals surface area contributed by atoms with Gasteiger partial charge in [-0.1, -0.05) is 30.3 Å². The van der Waals surface area contributed by atoms with E-state index in [-0.39, 0.29) is 6.04 Å². The van der Waals surface area contributed by atoms with Crippen molar-refractivity contribution in [2.75, 3.05) is 18.7 Å². The predicted molar refractivity (Wildman–Crippen MR) is 95.2 cm³/mol. The molecule has 1 heterocycles. The fourth-order valence-corrected chi connectivity index (χ4v) is 3.09. The topological polar surface area (TPSA) is 50.9 Å². The van der Waals surface area contributed by atoms with E-state index in [9.17, 15) is 0 Å². The van der Waals surface area contributed by atoms with Gasteiger partial charge in [-0.2, -0.15) is 5.10 Å². The third kappa shape index (κ3) is 2.82. The molecule has 0 saturated carbocycles. The van der Waals surface area contributed by atoms with Crippen LogP contribution in [-0.4, -0.2) is 19.4 Å². The summed E-state index contributed by atoms with van der Waals surface area (Å²) >= 11 is 0. The highest BCUT2D eigenvalue weighted by atomic mass is 16.5. The molecule has 120 valence electrons. The SMILES string of the molecule is COc1ccccc1C1CC(CN)=NN1c1cccc(C)c1C. The van der Waals surface area contributed by atoms with E-state index in [1.54, 1.807) is 7.11 Å². The molecule has 0 radical (unpaired) electrons. The fourth-order valence-electron chi connectivity index (χ4n) is 3.09. The van der Waals surface area contributed by atoms with Crippen molar-refractivity contribution in [3.05, 3.63) is 59.2 Å². The van der Waals surface area contributed by atoms with Crippen LogP contribution in [-0.2, 0) is 0 Å². The molecule has 2 N–H and O–H groups in total. The predicted octanol–water partition coefficient (Wildman–Crippen LogP) is 3.58. The van der Waals surface area contributed by atoms with Gasteiger partial charge in [-0.3, -0.25) is 5.01 Å². The van der Waals surface area contributed by atoms with Gasteiger partial charge in [-0.05, 0) is 37.1 Å². The van der Waals surface area contributed by atoms with Gasteiger partial charge < -0.3 is 10.5 Å². The first-order valence-electron chi connectivity index (χ1n) is 7.90. The Kier molecular flexibility index (Phi) is 4.35. The lowest BCUT2D eigenvalue weighted by atomic mass is 9.99. The molecule has 4 heteroatoms. The zero-order chi connectivity index (χ0) is 16.4. The van der Waals surface area contributed by atoms with Crippen LogP contribution in [0, 0.1) is 13.8 Å². The largest absolute Gasteiger partial charge is 0.496 e. The monoisotopic (exact) mass is 309 g/mol. The van der Waals surface area contributed by atoms with Crippen LogP contribution in [0.2, 0.25) is 0 Å². The van der Waals surface area contributed by atoms with Crippen molar-refractivity contribution in [3.63, 3.8) is 0 Å². The highest BCUT2D eigenvalue weighted by Crippen LogP contribution is 2.40. The number of methoxy groups -OCH3 is 1. The van der Waals surface area contributed by atoms with E-state index in [1.807, 2.05) is 18.2 Å². The number of nitrogens with zero attached hydrogens (tertiary/aromatic N) is 2. The van der Waals surface area contributed by atoms with Gasteiger partial charge in [0.25, 0.3) is 0 Å². The van der Waals surface area contributed by atoms with Crippen LogP contribution >= 0.6 is 0 Å². The minimum Gasteiger partial charge on any atom is -0.496 e. The molecule has 23 heavy (non-hydrogen) atoms. The number of hydrazone groups is 1. The minimum absolute atomic E-state index is 0.116. The minimum atomic E-state index is 0.116. The molecular formula is C19H23N3O. The van der Waals surface area contributed by atoms with E-state index in [4.69, 9.17) is 15.6 Å². The summed E-state index contributed by atoms with van der Waals surface area (Å²) in [4.78, 5) is 0. The highest BCUT2D eigenvalue weighted by molar-refractivity contribution is 5.90. The molecule has 1 unspecified atom stereocenters. The van der Waals surface area contributed by atoms with Crippen molar-refractivity contribution in [1.82, 2.24) is 0 Å². The summed E-state index contributed by atoms with van der Waals surface area (Å²) in [6, 6.07) is 14.6. The van der Waals surface area contributed by atoms with Gasteiger partial charge in [0, 0.05) is 18.5 Å². The Hall–Kier alpha value is -2.33. The fraction of sp³-hybridized carbons (Fsp3) is 0.316. The number of anilines is 1. The average molecular weight is 309 g/mol. The van der Waals surface area contributed by atoms with E-state index in [2.05, 4.69) is 43.1 Å². The maximum absolute atomic E-state index is 5.86. The summed E-state index contributed by atoms with van der Waals surface area (Å²) in [5.74, 6) is 0.890. The van der Waals surface area contributed by atoms with Crippen LogP contribution in [0.3, 0.4) is 0 Å². The van der Waals surface area contributed by atoms with Gasteiger partial charge >= 0.3 is 0 Å². The Morgan fingerprint density at radius 2 is 1.96 bits per heavy atom. The van der Waals surface area contributed by atoms with Gasteiger partial charge in [0.1, 0.15) is 5.75 Å². The lowest BCUT2D eigenvalue weighted by Crippen LogP contribution is -2.20. The van der Waals surface area contributed by atoms with E-state index in [0.29, 0.717) is 6.54 Å². The number of rotatable bonds is 4. The highest BCUT2D eigenvalue weighted by Gasteiger charge is 2.31. The van der Waals surface area contributed by atoms with Gasteiger partial charge in [-0.15, -0.1) is 0 Å². The van der Waals surface area contributed by atoms with Gasteiger partial charge in [0.05, 0.1) is 24.6 Å². The van der Waals surface area contributed by atoms with Gasteiger partial charge in [-0.25, -0.2) is 0 Å². The van der Waals surface area contributed by atoms with Crippen LogP contribution < -0.4 is 15.5 Å². The molecule has 0 saturated heterocycles. The van der Waals surface area contributed by atoms with Gasteiger partial charge in [0.15, 0.2) is 0 Å². The van der Waals surface area contributed by atoms with E-state index < -0.39 is 0 Å². The maximum atomic E-state index is 5.86. The summed E-state index contributed by atoms with van der Waals surface area (Å²) in [5.41, 5.74) is 11.7. The van der Waals surface area contributed by atoms with Crippen LogP contribution in [0.25, 0.3) is 0 Å². The molecule has 0 aromatic heterocycles. The van der Waals surface area contributed by atoms with Crippen molar-refractivity contribution >= 4 is 11.4 Å². The Balaban J connectivity index is 2.08. The van der Waals surface area contributed by atoms with Crippen LogP contribution in [0.1, 0.15) is 29.2 Å².